The van der Waals surface area contributed by atoms with Crippen LogP contribution in [-0.2, 0) is 6.54 Å². The summed E-state index contributed by atoms with van der Waals surface area (Å²) in [6.45, 7) is 0.329. The number of aromatic carboxylic acids is 1. The lowest BCUT2D eigenvalue weighted by Crippen LogP contribution is -2.02. The molecule has 0 unspecified atom stereocenters. The van der Waals surface area contributed by atoms with Gasteiger partial charge in [0.25, 0.3) is 0 Å². The lowest BCUT2D eigenvalue weighted by atomic mass is 10.3. The fraction of sp³-hybridized carbons (Fsp3) is 0.0909. The Kier molecular flexibility index (Phi) is 3.78. The zero-order valence-electron chi connectivity index (χ0n) is 8.98. The quantitative estimate of drug-likeness (QED) is 0.906. The third-order valence-electron chi connectivity index (χ3n) is 2.13. The van der Waals surface area contributed by atoms with Crippen molar-refractivity contribution >= 4 is 34.6 Å². The number of halogens is 2. The van der Waals surface area contributed by atoms with Gasteiger partial charge in [0.05, 0.1) is 22.9 Å². The van der Waals surface area contributed by atoms with E-state index in [1.165, 1.54) is 18.2 Å². The van der Waals surface area contributed by atoms with E-state index in [0.717, 1.165) is 11.3 Å². The van der Waals surface area contributed by atoms with Crippen LogP contribution in [0.3, 0.4) is 0 Å². The molecule has 0 amide bonds. The molecule has 0 bridgehead atoms. The minimum atomic E-state index is -1.05. The van der Waals surface area contributed by atoms with Crippen LogP contribution in [-0.4, -0.2) is 16.1 Å². The molecule has 4 nitrogen and oxygen atoms in total. The molecule has 18 heavy (non-hydrogen) atoms. The maximum Gasteiger partial charge on any atom is 0.365 e. The third kappa shape index (κ3) is 2.96. The molecule has 2 rings (SSSR count). The predicted molar refractivity (Wildman–Crippen MR) is 67.8 cm³/mol. The van der Waals surface area contributed by atoms with E-state index in [-0.39, 0.29) is 10.0 Å². The summed E-state index contributed by atoms with van der Waals surface area (Å²) in [5, 5.41) is 13.6. The summed E-state index contributed by atoms with van der Waals surface area (Å²) >= 11 is 6.89. The van der Waals surface area contributed by atoms with E-state index in [4.69, 9.17) is 16.7 Å². The Labute approximate surface area is 111 Å². The number of hydrogen-bond donors (Lipinski definition) is 2. The van der Waals surface area contributed by atoms with Gasteiger partial charge in [0.15, 0.2) is 0 Å². The van der Waals surface area contributed by atoms with Crippen LogP contribution >= 0.6 is 22.9 Å². The van der Waals surface area contributed by atoms with Crippen LogP contribution in [0.5, 0.6) is 0 Å². The van der Waals surface area contributed by atoms with Gasteiger partial charge in [-0.1, -0.05) is 11.6 Å². The second-order valence-electron chi connectivity index (χ2n) is 3.43. The zero-order valence-corrected chi connectivity index (χ0v) is 10.6. The van der Waals surface area contributed by atoms with Gasteiger partial charge in [-0.25, -0.2) is 14.2 Å². The summed E-state index contributed by atoms with van der Waals surface area (Å²) in [6.07, 6.45) is 0. The predicted octanol–water partition coefficient (Wildman–Crippen LogP) is 3.25. The molecule has 0 fully saturated rings. The van der Waals surface area contributed by atoms with Crippen molar-refractivity contribution in [2.45, 2.75) is 6.54 Å². The maximum atomic E-state index is 12.8. The molecule has 1 aromatic carbocycles. The van der Waals surface area contributed by atoms with Crippen molar-refractivity contribution in [1.29, 1.82) is 0 Å². The third-order valence-corrected chi connectivity index (χ3v) is 3.32. The Morgan fingerprint density at radius 3 is 2.94 bits per heavy atom. The number of thiazole rings is 1. The van der Waals surface area contributed by atoms with Gasteiger partial charge in [-0.05, 0) is 18.2 Å². The Morgan fingerprint density at radius 1 is 1.56 bits per heavy atom. The number of carbonyl (C=O) groups is 1. The second kappa shape index (κ2) is 5.32. The van der Waals surface area contributed by atoms with Crippen molar-refractivity contribution in [3.05, 3.63) is 45.1 Å². The highest BCUT2D eigenvalue weighted by molar-refractivity contribution is 7.11. The lowest BCUT2D eigenvalue weighted by Gasteiger charge is -2.06. The smallest absolute Gasteiger partial charge is 0.365 e. The van der Waals surface area contributed by atoms with E-state index in [0.29, 0.717) is 17.9 Å². The first kappa shape index (κ1) is 12.8. The Bertz CT molecular complexity index is 588. The number of anilines is 1. The van der Waals surface area contributed by atoms with Gasteiger partial charge in [0.1, 0.15) is 5.82 Å². The van der Waals surface area contributed by atoms with Crippen molar-refractivity contribution in [3.63, 3.8) is 0 Å². The highest BCUT2D eigenvalue weighted by Crippen LogP contribution is 2.23. The van der Waals surface area contributed by atoms with E-state index in [1.54, 1.807) is 5.38 Å². The molecule has 2 aromatic rings. The average Bonchev–Trinajstić information content (AvgIpc) is 2.76. The van der Waals surface area contributed by atoms with Crippen LogP contribution in [0.4, 0.5) is 10.1 Å². The van der Waals surface area contributed by atoms with Gasteiger partial charge < -0.3 is 10.4 Å². The first-order valence-corrected chi connectivity index (χ1v) is 6.18. The maximum absolute atomic E-state index is 12.8. The fourth-order valence-corrected chi connectivity index (χ4v) is 2.19. The molecule has 1 heterocycles. The number of carboxylic acids is 1. The molecule has 1 aromatic heterocycles. The lowest BCUT2D eigenvalue weighted by molar-refractivity contribution is 0.0696. The fourth-order valence-electron chi connectivity index (χ4n) is 1.31. The summed E-state index contributed by atoms with van der Waals surface area (Å²) < 4.78 is 12.8. The van der Waals surface area contributed by atoms with Crippen LogP contribution in [0.2, 0.25) is 5.02 Å². The van der Waals surface area contributed by atoms with E-state index in [2.05, 4.69) is 10.3 Å². The van der Waals surface area contributed by atoms with Crippen molar-refractivity contribution in [1.82, 2.24) is 4.98 Å². The van der Waals surface area contributed by atoms with Crippen molar-refractivity contribution < 1.29 is 14.3 Å². The van der Waals surface area contributed by atoms with Gasteiger partial charge in [-0.15, -0.1) is 11.3 Å². The molecule has 0 radical (unpaired) electrons. The number of rotatable bonds is 4. The van der Waals surface area contributed by atoms with Gasteiger partial charge in [0, 0.05) is 5.38 Å². The molecule has 0 aliphatic rings. The number of nitrogens with one attached hydrogen (secondary N) is 1. The summed E-state index contributed by atoms with van der Waals surface area (Å²) in [6, 6.07) is 4.01. The van der Waals surface area contributed by atoms with Crippen LogP contribution < -0.4 is 5.32 Å². The minimum absolute atomic E-state index is 0.0389. The largest absolute Gasteiger partial charge is 0.476 e. The number of aromatic nitrogens is 1. The first-order chi connectivity index (χ1) is 8.56. The van der Waals surface area contributed by atoms with Crippen LogP contribution in [0.25, 0.3) is 0 Å². The minimum Gasteiger partial charge on any atom is -0.476 e. The molecule has 7 heteroatoms. The molecule has 0 aliphatic heterocycles. The normalized spacial score (nSPS) is 10.3. The molecule has 2 N–H and O–H groups in total. The number of hydrogen-bond acceptors (Lipinski definition) is 4. The van der Waals surface area contributed by atoms with Gasteiger partial charge >= 0.3 is 5.97 Å². The molecule has 0 atom stereocenters. The number of carboxylic acid groups (broad SMARTS) is 1. The molecular formula is C11H8ClFN2O2S. The van der Waals surface area contributed by atoms with E-state index < -0.39 is 11.8 Å². The average molecular weight is 287 g/mol. The summed E-state index contributed by atoms with van der Waals surface area (Å²) in [5.41, 5.74) is 1.17. The van der Waals surface area contributed by atoms with E-state index >= 15 is 0 Å². The SMILES string of the molecule is O=C(O)c1nc(CNc2ccc(F)cc2Cl)cs1. The molecule has 0 saturated heterocycles. The van der Waals surface area contributed by atoms with Gasteiger partial charge in [0.2, 0.25) is 5.01 Å². The molecule has 0 aliphatic carbocycles. The van der Waals surface area contributed by atoms with E-state index in [9.17, 15) is 9.18 Å². The molecule has 0 spiro atoms. The van der Waals surface area contributed by atoms with Crippen LogP contribution in [0.15, 0.2) is 23.6 Å². The molecular weight excluding hydrogens is 279 g/mol. The first-order valence-electron chi connectivity index (χ1n) is 4.93. The topological polar surface area (TPSA) is 62.2 Å². The van der Waals surface area contributed by atoms with Crippen molar-refractivity contribution in [2.75, 3.05) is 5.32 Å². The van der Waals surface area contributed by atoms with Crippen molar-refractivity contribution in [3.8, 4) is 0 Å². The molecule has 0 saturated carbocycles. The second-order valence-corrected chi connectivity index (χ2v) is 4.69. The van der Waals surface area contributed by atoms with Gasteiger partial charge in [-0.2, -0.15) is 0 Å². The highest BCUT2D eigenvalue weighted by atomic mass is 35.5. The number of benzene rings is 1. The Hall–Kier alpha value is -1.66. The highest BCUT2D eigenvalue weighted by Gasteiger charge is 2.09. The summed E-state index contributed by atoms with van der Waals surface area (Å²) in [5.74, 6) is -1.46. The van der Waals surface area contributed by atoms with Gasteiger partial charge in [-0.3, -0.25) is 0 Å². The van der Waals surface area contributed by atoms with E-state index in [1.807, 2.05) is 0 Å². The van der Waals surface area contributed by atoms with Crippen molar-refractivity contribution in [2.24, 2.45) is 0 Å². The molecule has 94 valence electrons. The summed E-state index contributed by atoms with van der Waals surface area (Å²) in [7, 11) is 0. The van der Waals surface area contributed by atoms with Crippen LogP contribution in [0.1, 0.15) is 15.5 Å². The Morgan fingerprint density at radius 2 is 2.33 bits per heavy atom. The monoisotopic (exact) mass is 286 g/mol. The zero-order chi connectivity index (χ0) is 13.1. The standard InChI is InChI=1S/C11H8ClFN2O2S/c12-8-3-6(13)1-2-9(8)14-4-7-5-18-10(15-7)11(16)17/h1-3,5,14H,4H2,(H,16,17). The summed E-state index contributed by atoms with van der Waals surface area (Å²) in [4.78, 5) is 14.6. The van der Waals surface area contributed by atoms with Crippen LogP contribution in [0, 0.1) is 5.82 Å². The Balaban J connectivity index is 2.04. The number of nitrogens with zero attached hydrogens (tertiary/aromatic N) is 1.